The molecule has 0 aliphatic heterocycles. The van der Waals surface area contributed by atoms with Gasteiger partial charge in [0.1, 0.15) is 5.54 Å². The molecule has 0 amide bonds. The molecule has 0 aromatic heterocycles. The molecule has 0 aliphatic rings. The van der Waals surface area contributed by atoms with E-state index in [9.17, 15) is 5.26 Å². The number of hydrogen-bond acceptors (Lipinski definition) is 4. The maximum absolute atomic E-state index is 9.21. The van der Waals surface area contributed by atoms with E-state index in [-0.39, 0.29) is 5.60 Å². The molecule has 0 aliphatic carbocycles. The Hall–Kier alpha value is -0.630. The minimum absolute atomic E-state index is 0.108. The van der Waals surface area contributed by atoms with Crippen molar-refractivity contribution in [2.24, 2.45) is 0 Å². The van der Waals surface area contributed by atoms with Crippen molar-refractivity contribution in [3.8, 4) is 6.07 Å². The quantitative estimate of drug-likeness (QED) is 0.559. The number of ether oxygens (including phenoxy) is 2. The van der Waals surface area contributed by atoms with Crippen LogP contribution in [0, 0.1) is 11.3 Å². The first-order valence-corrected chi connectivity index (χ1v) is 7.68. The lowest BCUT2D eigenvalue weighted by molar-refractivity contribution is -0.0102. The first-order chi connectivity index (χ1) is 9.39. The van der Waals surface area contributed by atoms with Crippen LogP contribution in [0.5, 0.6) is 0 Å². The molecule has 0 rings (SSSR count). The maximum Gasteiger partial charge on any atom is 0.103 e. The van der Waals surface area contributed by atoms with E-state index in [2.05, 4.69) is 32.2 Å². The van der Waals surface area contributed by atoms with Gasteiger partial charge >= 0.3 is 0 Å². The fourth-order valence-corrected chi connectivity index (χ4v) is 1.79. The van der Waals surface area contributed by atoms with Gasteiger partial charge in [0.15, 0.2) is 0 Å². The van der Waals surface area contributed by atoms with E-state index in [1.54, 1.807) is 7.11 Å². The Morgan fingerprint density at radius 1 is 1.10 bits per heavy atom. The number of rotatable bonds is 12. The van der Waals surface area contributed by atoms with Gasteiger partial charge in [-0.05, 0) is 59.4 Å². The van der Waals surface area contributed by atoms with Crippen LogP contribution in [0.1, 0.15) is 59.8 Å². The Bertz CT molecular complexity index is 287. The second-order valence-corrected chi connectivity index (χ2v) is 6.15. The number of nitrogens with zero attached hydrogens (tertiary/aromatic N) is 1. The smallest absolute Gasteiger partial charge is 0.103 e. The molecule has 0 saturated heterocycles. The van der Waals surface area contributed by atoms with Gasteiger partial charge in [0.2, 0.25) is 0 Å². The van der Waals surface area contributed by atoms with Crippen LogP contribution < -0.4 is 5.32 Å². The number of hydrogen-bond donors (Lipinski definition) is 1. The van der Waals surface area contributed by atoms with E-state index in [0.29, 0.717) is 0 Å². The van der Waals surface area contributed by atoms with Gasteiger partial charge in [0.25, 0.3) is 0 Å². The van der Waals surface area contributed by atoms with Crippen molar-refractivity contribution in [1.82, 2.24) is 5.32 Å². The first kappa shape index (κ1) is 19.4. The van der Waals surface area contributed by atoms with Crippen LogP contribution in [0.25, 0.3) is 0 Å². The van der Waals surface area contributed by atoms with Crippen LogP contribution in [-0.4, -0.2) is 38.0 Å². The highest BCUT2D eigenvalue weighted by Gasteiger charge is 2.21. The Balaban J connectivity index is 3.63. The topological polar surface area (TPSA) is 54.3 Å². The average Bonchev–Trinajstić information content (AvgIpc) is 2.44. The predicted molar refractivity (Wildman–Crippen MR) is 82.7 cm³/mol. The summed E-state index contributed by atoms with van der Waals surface area (Å²) in [6.45, 7) is 10.6. The Kier molecular flexibility index (Phi) is 9.83. The molecule has 0 heterocycles. The number of nitrogens with one attached hydrogen (secondary N) is 1. The molecule has 0 radical (unpaired) electrons. The molecule has 4 nitrogen and oxygen atoms in total. The van der Waals surface area contributed by atoms with Crippen LogP contribution in [0.3, 0.4) is 0 Å². The third-order valence-corrected chi connectivity index (χ3v) is 3.63. The largest absolute Gasteiger partial charge is 0.381 e. The SMILES string of the molecule is CCCNC(C)(C#N)CCCCOCCC(C)(C)OC. The fraction of sp³-hybridized carbons (Fsp3) is 0.938. The van der Waals surface area contributed by atoms with Gasteiger partial charge in [-0.3, -0.25) is 5.32 Å². The van der Waals surface area contributed by atoms with Crippen LogP contribution in [0.2, 0.25) is 0 Å². The summed E-state index contributed by atoms with van der Waals surface area (Å²) in [6.07, 6.45) is 4.83. The highest BCUT2D eigenvalue weighted by Crippen LogP contribution is 2.14. The standard InChI is InChI=1S/C16H32N2O2/c1-6-11-18-16(4,14-17)9-7-8-12-20-13-10-15(2,3)19-5/h18H,6-13H2,1-5H3. The lowest BCUT2D eigenvalue weighted by Gasteiger charge is -2.23. The fourth-order valence-electron chi connectivity index (χ4n) is 1.79. The molecule has 0 bridgehead atoms. The number of methoxy groups -OCH3 is 1. The van der Waals surface area contributed by atoms with Crippen molar-refractivity contribution < 1.29 is 9.47 Å². The Labute approximate surface area is 124 Å². The van der Waals surface area contributed by atoms with Gasteiger partial charge < -0.3 is 9.47 Å². The van der Waals surface area contributed by atoms with Crippen molar-refractivity contribution in [3.05, 3.63) is 0 Å². The van der Waals surface area contributed by atoms with Crippen molar-refractivity contribution in [2.75, 3.05) is 26.9 Å². The Morgan fingerprint density at radius 2 is 1.80 bits per heavy atom. The summed E-state index contributed by atoms with van der Waals surface area (Å²) in [7, 11) is 1.73. The van der Waals surface area contributed by atoms with E-state index < -0.39 is 5.54 Å². The summed E-state index contributed by atoms with van der Waals surface area (Å²) in [6, 6.07) is 2.37. The lowest BCUT2D eigenvalue weighted by Crippen LogP contribution is -2.41. The van der Waals surface area contributed by atoms with E-state index in [4.69, 9.17) is 9.47 Å². The molecule has 1 atom stereocenters. The van der Waals surface area contributed by atoms with Gasteiger partial charge in [0, 0.05) is 20.3 Å². The Morgan fingerprint density at radius 3 is 2.35 bits per heavy atom. The van der Waals surface area contributed by atoms with Gasteiger partial charge in [-0.2, -0.15) is 5.26 Å². The monoisotopic (exact) mass is 284 g/mol. The van der Waals surface area contributed by atoms with Crippen LogP contribution >= 0.6 is 0 Å². The highest BCUT2D eigenvalue weighted by molar-refractivity contribution is 5.03. The zero-order chi connectivity index (χ0) is 15.5. The number of unbranched alkanes of at least 4 members (excludes halogenated alkanes) is 1. The van der Waals surface area contributed by atoms with Gasteiger partial charge in [-0.25, -0.2) is 0 Å². The van der Waals surface area contributed by atoms with E-state index >= 15 is 0 Å². The molecular weight excluding hydrogens is 252 g/mol. The van der Waals surface area contributed by atoms with Crippen molar-refractivity contribution in [1.29, 1.82) is 5.26 Å². The summed E-state index contributed by atoms with van der Waals surface area (Å²) in [5.41, 5.74) is -0.502. The van der Waals surface area contributed by atoms with Crippen molar-refractivity contribution in [2.45, 2.75) is 70.9 Å². The zero-order valence-corrected chi connectivity index (χ0v) is 13.9. The van der Waals surface area contributed by atoms with E-state index in [0.717, 1.165) is 51.9 Å². The third-order valence-electron chi connectivity index (χ3n) is 3.63. The molecule has 0 spiro atoms. The molecule has 118 valence electrons. The minimum Gasteiger partial charge on any atom is -0.381 e. The summed E-state index contributed by atoms with van der Waals surface area (Å²) in [4.78, 5) is 0. The highest BCUT2D eigenvalue weighted by atomic mass is 16.5. The summed E-state index contributed by atoms with van der Waals surface area (Å²) in [5, 5.41) is 12.5. The second kappa shape index (κ2) is 10.1. The lowest BCUT2D eigenvalue weighted by atomic mass is 9.96. The van der Waals surface area contributed by atoms with Gasteiger partial charge in [-0.15, -0.1) is 0 Å². The van der Waals surface area contributed by atoms with E-state index in [1.165, 1.54) is 0 Å². The molecule has 20 heavy (non-hydrogen) atoms. The maximum atomic E-state index is 9.21. The van der Waals surface area contributed by atoms with Crippen LogP contribution in [0.15, 0.2) is 0 Å². The molecule has 1 N–H and O–H groups in total. The second-order valence-electron chi connectivity index (χ2n) is 6.15. The number of nitriles is 1. The molecule has 0 fully saturated rings. The first-order valence-electron chi connectivity index (χ1n) is 7.68. The molecule has 4 heteroatoms. The molecular formula is C16H32N2O2. The van der Waals surface area contributed by atoms with Crippen LogP contribution in [-0.2, 0) is 9.47 Å². The van der Waals surface area contributed by atoms with Gasteiger partial charge in [0.05, 0.1) is 11.7 Å². The molecule has 1 unspecified atom stereocenters. The normalized spacial score (nSPS) is 14.8. The third kappa shape index (κ3) is 9.30. The average molecular weight is 284 g/mol. The van der Waals surface area contributed by atoms with Crippen molar-refractivity contribution >= 4 is 0 Å². The molecule has 0 saturated carbocycles. The zero-order valence-electron chi connectivity index (χ0n) is 13.9. The van der Waals surface area contributed by atoms with E-state index in [1.807, 2.05) is 6.92 Å². The molecule has 0 aromatic carbocycles. The summed E-state index contributed by atoms with van der Waals surface area (Å²) in [5.74, 6) is 0. The summed E-state index contributed by atoms with van der Waals surface area (Å²) >= 11 is 0. The summed E-state index contributed by atoms with van der Waals surface area (Å²) < 4.78 is 11.0. The van der Waals surface area contributed by atoms with Gasteiger partial charge in [-0.1, -0.05) is 6.92 Å². The predicted octanol–water partition coefficient (Wildman–Crippen LogP) is 3.27. The molecule has 0 aromatic rings. The minimum atomic E-state index is -0.395. The van der Waals surface area contributed by atoms with Crippen LogP contribution in [0.4, 0.5) is 0 Å². The van der Waals surface area contributed by atoms with Crippen molar-refractivity contribution in [3.63, 3.8) is 0 Å².